The van der Waals surface area contributed by atoms with Gasteiger partial charge in [-0.3, -0.25) is 0 Å². The van der Waals surface area contributed by atoms with Crippen LogP contribution in [0.15, 0.2) is 0 Å². The minimum Gasteiger partial charge on any atom is -0.479 e. The fraction of sp³-hybridized carbons (Fsp3) is 0.889. The number of carbonyl (C=O) groups is 1. The first-order valence-electron chi connectivity index (χ1n) is 5.59. The van der Waals surface area contributed by atoms with Gasteiger partial charge in [-0.1, -0.05) is 6.42 Å². The summed E-state index contributed by atoms with van der Waals surface area (Å²) >= 11 is 0. The van der Waals surface area contributed by atoms with Crippen LogP contribution in [0.3, 0.4) is 0 Å². The molecule has 0 aromatic carbocycles. The number of aliphatic hydroxyl groups is 1. The monoisotopic (exact) mass is 266 g/mol. The molecule has 0 aliphatic carbocycles. The summed E-state index contributed by atoms with van der Waals surface area (Å²) in [5, 5.41) is 17.4. The summed E-state index contributed by atoms with van der Waals surface area (Å²) in [6, 6.07) is 0. The molecule has 3 N–H and O–H groups in total. The first-order chi connectivity index (χ1) is 7.93. The maximum atomic E-state index is 11.7. The Morgan fingerprint density at radius 3 is 2.41 bits per heavy atom. The van der Waals surface area contributed by atoms with Gasteiger partial charge in [-0.25, -0.2) is 9.52 Å². The molecule has 0 saturated carbocycles. The van der Waals surface area contributed by atoms with Crippen molar-refractivity contribution in [3.8, 4) is 0 Å². The van der Waals surface area contributed by atoms with E-state index in [2.05, 4.69) is 4.72 Å². The molecule has 1 heterocycles. The molecule has 17 heavy (non-hydrogen) atoms. The first kappa shape index (κ1) is 14.4. The molecule has 1 rings (SSSR count). The second-order valence-electron chi connectivity index (χ2n) is 4.00. The highest BCUT2D eigenvalue weighted by molar-refractivity contribution is 7.87. The summed E-state index contributed by atoms with van der Waals surface area (Å²) < 4.78 is 27.1. The smallest absolute Gasteiger partial charge is 0.332 e. The fourth-order valence-corrected chi connectivity index (χ4v) is 2.94. The molecular formula is C9H18N2O5S. The molecule has 0 aromatic heterocycles. The normalized spacial score (nSPS) is 20.1. The zero-order valence-electron chi connectivity index (χ0n) is 9.50. The molecule has 0 radical (unpaired) electrons. The number of rotatable bonds is 6. The standard InChI is InChI=1S/C9H18N2O5S/c12-8(9(13)14)4-5-10-17(15,16)11-6-2-1-3-7-11/h8,10,12H,1-7H2,(H,13,14)/t8-/m0/s1. The molecule has 1 aliphatic rings. The Bertz CT molecular complexity index is 350. The molecule has 1 aliphatic heterocycles. The van der Waals surface area contributed by atoms with E-state index in [-0.39, 0.29) is 13.0 Å². The Kier molecular flexibility index (Phi) is 5.31. The molecular weight excluding hydrogens is 248 g/mol. The summed E-state index contributed by atoms with van der Waals surface area (Å²) in [7, 11) is -3.53. The van der Waals surface area contributed by atoms with Crippen molar-refractivity contribution in [3.63, 3.8) is 0 Å². The predicted octanol–water partition coefficient (Wildman–Crippen LogP) is -0.858. The Morgan fingerprint density at radius 1 is 1.29 bits per heavy atom. The Balaban J connectivity index is 2.36. The molecule has 8 heteroatoms. The lowest BCUT2D eigenvalue weighted by molar-refractivity contribution is -0.146. The van der Waals surface area contributed by atoms with E-state index < -0.39 is 22.3 Å². The number of carboxylic acids is 1. The quantitative estimate of drug-likeness (QED) is 0.580. The van der Waals surface area contributed by atoms with Gasteiger partial charge < -0.3 is 10.2 Å². The fourth-order valence-electron chi connectivity index (χ4n) is 1.64. The second-order valence-corrected chi connectivity index (χ2v) is 5.76. The predicted molar refractivity (Wildman–Crippen MR) is 60.6 cm³/mol. The van der Waals surface area contributed by atoms with Crippen LogP contribution in [0, 0.1) is 0 Å². The van der Waals surface area contributed by atoms with Gasteiger partial charge in [-0.05, 0) is 19.3 Å². The SMILES string of the molecule is O=C(O)[C@@H](O)CCNS(=O)(=O)N1CCCCC1. The number of aliphatic hydroxyl groups excluding tert-OH is 1. The molecule has 0 aromatic rings. The number of piperidine rings is 1. The molecule has 100 valence electrons. The molecule has 1 saturated heterocycles. The van der Waals surface area contributed by atoms with Crippen LogP contribution in [-0.4, -0.2) is 54.6 Å². The minimum atomic E-state index is -3.53. The van der Waals surface area contributed by atoms with Gasteiger partial charge in [-0.15, -0.1) is 0 Å². The van der Waals surface area contributed by atoms with Crippen molar-refractivity contribution in [2.75, 3.05) is 19.6 Å². The van der Waals surface area contributed by atoms with Crippen molar-refractivity contribution < 1.29 is 23.4 Å². The van der Waals surface area contributed by atoms with Gasteiger partial charge >= 0.3 is 5.97 Å². The number of aliphatic carboxylic acids is 1. The zero-order valence-corrected chi connectivity index (χ0v) is 10.3. The van der Waals surface area contributed by atoms with Crippen molar-refractivity contribution in [3.05, 3.63) is 0 Å². The third-order valence-corrected chi connectivity index (χ3v) is 4.26. The van der Waals surface area contributed by atoms with Gasteiger partial charge in [0.05, 0.1) is 0 Å². The maximum absolute atomic E-state index is 11.7. The third kappa shape index (κ3) is 4.58. The molecule has 0 spiro atoms. The zero-order chi connectivity index (χ0) is 12.9. The van der Waals surface area contributed by atoms with Crippen molar-refractivity contribution in [2.24, 2.45) is 0 Å². The van der Waals surface area contributed by atoms with Crippen molar-refractivity contribution in [1.82, 2.24) is 9.03 Å². The van der Waals surface area contributed by atoms with E-state index in [4.69, 9.17) is 10.2 Å². The second kappa shape index (κ2) is 6.29. The van der Waals surface area contributed by atoms with Gasteiger partial charge in [0.2, 0.25) is 0 Å². The van der Waals surface area contributed by atoms with Crippen LogP contribution in [0.5, 0.6) is 0 Å². The summed E-state index contributed by atoms with van der Waals surface area (Å²) in [6.07, 6.45) is 1.06. The Hall–Kier alpha value is -0.700. The number of nitrogens with one attached hydrogen (secondary N) is 1. The summed E-state index contributed by atoms with van der Waals surface area (Å²) in [5.74, 6) is -1.35. The van der Waals surface area contributed by atoms with E-state index >= 15 is 0 Å². The highest BCUT2D eigenvalue weighted by atomic mass is 32.2. The van der Waals surface area contributed by atoms with Gasteiger partial charge in [0.15, 0.2) is 6.10 Å². The average molecular weight is 266 g/mol. The summed E-state index contributed by atoms with van der Waals surface area (Å²) in [5.41, 5.74) is 0. The van der Waals surface area contributed by atoms with Crippen LogP contribution in [0.1, 0.15) is 25.7 Å². The van der Waals surface area contributed by atoms with Crippen LogP contribution in [0.4, 0.5) is 0 Å². The van der Waals surface area contributed by atoms with Crippen molar-refractivity contribution in [2.45, 2.75) is 31.8 Å². The molecule has 0 unspecified atom stereocenters. The molecule has 7 nitrogen and oxygen atoms in total. The van der Waals surface area contributed by atoms with Crippen LogP contribution in [0.2, 0.25) is 0 Å². The molecule has 0 amide bonds. The maximum Gasteiger partial charge on any atom is 0.332 e. The van der Waals surface area contributed by atoms with Gasteiger partial charge in [0.25, 0.3) is 10.2 Å². The third-order valence-electron chi connectivity index (χ3n) is 2.64. The molecule has 1 fully saturated rings. The number of hydrogen-bond acceptors (Lipinski definition) is 4. The summed E-state index contributed by atoms with van der Waals surface area (Å²) in [4.78, 5) is 10.3. The van der Waals surface area contributed by atoms with E-state index in [0.29, 0.717) is 13.1 Å². The first-order valence-corrected chi connectivity index (χ1v) is 7.03. The van der Waals surface area contributed by atoms with Gasteiger partial charge in [0, 0.05) is 19.6 Å². The highest BCUT2D eigenvalue weighted by Gasteiger charge is 2.23. The van der Waals surface area contributed by atoms with Crippen molar-refractivity contribution >= 4 is 16.2 Å². The largest absolute Gasteiger partial charge is 0.479 e. The van der Waals surface area contributed by atoms with Crippen LogP contribution >= 0.6 is 0 Å². The van der Waals surface area contributed by atoms with E-state index in [1.54, 1.807) is 0 Å². The number of carboxylic acid groups (broad SMARTS) is 1. The summed E-state index contributed by atoms with van der Waals surface area (Å²) in [6.45, 7) is 0.917. The lowest BCUT2D eigenvalue weighted by Gasteiger charge is -2.25. The van der Waals surface area contributed by atoms with E-state index in [1.807, 2.05) is 0 Å². The van der Waals surface area contributed by atoms with Crippen LogP contribution in [-0.2, 0) is 15.0 Å². The average Bonchev–Trinajstić information content (AvgIpc) is 2.29. The minimum absolute atomic E-state index is 0.0771. The Labute approximate surface area is 101 Å². The number of nitrogens with zero attached hydrogens (tertiary/aromatic N) is 1. The molecule has 1 atom stereocenters. The van der Waals surface area contributed by atoms with E-state index in [1.165, 1.54) is 4.31 Å². The van der Waals surface area contributed by atoms with Crippen LogP contribution in [0.25, 0.3) is 0 Å². The van der Waals surface area contributed by atoms with E-state index in [9.17, 15) is 13.2 Å². The molecule has 0 bridgehead atoms. The highest BCUT2D eigenvalue weighted by Crippen LogP contribution is 2.11. The van der Waals surface area contributed by atoms with E-state index in [0.717, 1.165) is 19.3 Å². The number of hydrogen-bond donors (Lipinski definition) is 3. The van der Waals surface area contributed by atoms with Crippen molar-refractivity contribution in [1.29, 1.82) is 0 Å². The Morgan fingerprint density at radius 2 is 1.88 bits per heavy atom. The topological polar surface area (TPSA) is 107 Å². The lowest BCUT2D eigenvalue weighted by atomic mass is 10.2. The van der Waals surface area contributed by atoms with Crippen LogP contribution < -0.4 is 4.72 Å². The lowest BCUT2D eigenvalue weighted by Crippen LogP contribution is -2.44. The van der Waals surface area contributed by atoms with Gasteiger partial charge in [-0.2, -0.15) is 12.7 Å². The van der Waals surface area contributed by atoms with Gasteiger partial charge in [0.1, 0.15) is 0 Å².